The Balaban J connectivity index is 1.66. The molecule has 2 N–H and O–H groups in total. The second-order valence-corrected chi connectivity index (χ2v) is 8.10. The van der Waals surface area contributed by atoms with Crippen LogP contribution in [0, 0.1) is 17.2 Å². The summed E-state index contributed by atoms with van der Waals surface area (Å²) < 4.78 is 0.995. The van der Waals surface area contributed by atoms with Crippen molar-refractivity contribution in [1.82, 2.24) is 0 Å². The minimum Gasteiger partial charge on any atom is -0.376 e. The van der Waals surface area contributed by atoms with Crippen LogP contribution in [0.2, 0.25) is 0 Å². The number of fused-ring (bicyclic) bond motifs is 1. The highest BCUT2D eigenvalue weighted by Gasteiger charge is 2.24. The third-order valence-corrected chi connectivity index (χ3v) is 5.87. The molecule has 0 saturated heterocycles. The zero-order valence-corrected chi connectivity index (χ0v) is 15.8. The molecule has 0 fully saturated rings. The molecule has 4 nitrogen and oxygen atoms in total. The minimum atomic E-state index is -0.138. The molecule has 2 aromatic rings. The van der Waals surface area contributed by atoms with E-state index >= 15 is 0 Å². The number of amides is 1. The predicted octanol–water partition coefficient (Wildman–Crippen LogP) is 4.56. The Morgan fingerprint density at radius 1 is 1.42 bits per heavy atom. The first-order valence-electron chi connectivity index (χ1n) is 7.90. The largest absolute Gasteiger partial charge is 0.376 e. The van der Waals surface area contributed by atoms with Gasteiger partial charge in [-0.2, -0.15) is 5.26 Å². The standard InChI is InChI=1S/C18H18BrN3OS/c1-11-2-7-14-15(9-20)18(24-16(14)8-11)22-17(23)10-21-13-5-3-12(19)4-6-13/h3-6,11,21H,2,7-8,10H2,1H3,(H,22,23)/t11-/m0/s1. The number of hydrogen-bond donors (Lipinski definition) is 2. The highest BCUT2D eigenvalue weighted by molar-refractivity contribution is 9.10. The Bertz CT molecular complexity index is 792. The fourth-order valence-corrected chi connectivity index (χ4v) is 4.52. The van der Waals surface area contributed by atoms with Crippen molar-refractivity contribution in [2.45, 2.75) is 26.2 Å². The Labute approximate surface area is 154 Å². The van der Waals surface area contributed by atoms with E-state index in [1.165, 1.54) is 4.88 Å². The van der Waals surface area contributed by atoms with Crippen molar-refractivity contribution >= 4 is 43.9 Å². The number of nitriles is 1. The average Bonchev–Trinajstić information content (AvgIpc) is 2.90. The number of halogens is 1. The first kappa shape index (κ1) is 17.0. The van der Waals surface area contributed by atoms with E-state index in [1.807, 2.05) is 24.3 Å². The number of anilines is 2. The van der Waals surface area contributed by atoms with Gasteiger partial charge in [0, 0.05) is 15.0 Å². The molecule has 1 atom stereocenters. The Hall–Kier alpha value is -1.84. The van der Waals surface area contributed by atoms with E-state index in [0.29, 0.717) is 16.5 Å². The number of carbonyl (C=O) groups excluding carboxylic acids is 1. The number of thiophene rings is 1. The normalized spacial score (nSPS) is 16.1. The van der Waals surface area contributed by atoms with Crippen molar-refractivity contribution in [3.63, 3.8) is 0 Å². The summed E-state index contributed by atoms with van der Waals surface area (Å²) in [5.74, 6) is 0.506. The van der Waals surface area contributed by atoms with Crippen LogP contribution in [0.5, 0.6) is 0 Å². The molecule has 0 saturated carbocycles. The second-order valence-electron chi connectivity index (χ2n) is 6.08. The van der Waals surface area contributed by atoms with Crippen LogP contribution >= 0.6 is 27.3 Å². The first-order valence-corrected chi connectivity index (χ1v) is 9.51. The van der Waals surface area contributed by atoms with E-state index in [1.54, 1.807) is 11.3 Å². The lowest BCUT2D eigenvalue weighted by atomic mass is 9.89. The van der Waals surface area contributed by atoms with Gasteiger partial charge in [0.05, 0.1) is 12.1 Å². The van der Waals surface area contributed by atoms with Crippen molar-refractivity contribution in [1.29, 1.82) is 5.26 Å². The highest BCUT2D eigenvalue weighted by atomic mass is 79.9. The summed E-state index contributed by atoms with van der Waals surface area (Å²) in [6.07, 6.45) is 3.04. The number of rotatable bonds is 4. The molecule has 124 valence electrons. The van der Waals surface area contributed by atoms with E-state index in [9.17, 15) is 10.1 Å². The van der Waals surface area contributed by atoms with Gasteiger partial charge in [-0.15, -0.1) is 11.3 Å². The number of benzene rings is 1. The van der Waals surface area contributed by atoms with Gasteiger partial charge >= 0.3 is 0 Å². The molecule has 0 bridgehead atoms. The molecule has 24 heavy (non-hydrogen) atoms. The summed E-state index contributed by atoms with van der Waals surface area (Å²) in [5.41, 5.74) is 2.67. The zero-order chi connectivity index (χ0) is 17.1. The summed E-state index contributed by atoms with van der Waals surface area (Å²) in [7, 11) is 0. The lowest BCUT2D eigenvalue weighted by Gasteiger charge is -2.17. The van der Waals surface area contributed by atoms with Crippen LogP contribution in [0.1, 0.15) is 29.3 Å². The topological polar surface area (TPSA) is 64.9 Å². The van der Waals surface area contributed by atoms with Crippen molar-refractivity contribution < 1.29 is 4.79 Å². The van der Waals surface area contributed by atoms with Crippen LogP contribution in [-0.4, -0.2) is 12.5 Å². The molecule has 0 unspecified atom stereocenters. The van der Waals surface area contributed by atoms with Crippen LogP contribution in [0.15, 0.2) is 28.7 Å². The number of nitrogens with zero attached hydrogens (tertiary/aromatic N) is 1. The van der Waals surface area contributed by atoms with Gasteiger partial charge in [0.25, 0.3) is 0 Å². The number of hydrogen-bond acceptors (Lipinski definition) is 4. The molecular weight excluding hydrogens is 386 g/mol. The summed E-state index contributed by atoms with van der Waals surface area (Å²) in [6, 6.07) is 9.92. The molecular formula is C18H18BrN3OS. The molecule has 1 aliphatic rings. The quantitative estimate of drug-likeness (QED) is 0.786. The lowest BCUT2D eigenvalue weighted by Crippen LogP contribution is -2.21. The van der Waals surface area contributed by atoms with E-state index < -0.39 is 0 Å². The molecule has 1 amide bonds. The molecule has 0 spiro atoms. The lowest BCUT2D eigenvalue weighted by molar-refractivity contribution is -0.114. The van der Waals surface area contributed by atoms with Crippen LogP contribution in [0.3, 0.4) is 0 Å². The highest BCUT2D eigenvalue weighted by Crippen LogP contribution is 2.39. The van der Waals surface area contributed by atoms with Crippen LogP contribution < -0.4 is 10.6 Å². The van der Waals surface area contributed by atoms with Gasteiger partial charge in [-0.05, 0) is 55.0 Å². The minimum absolute atomic E-state index is 0.138. The van der Waals surface area contributed by atoms with Gasteiger partial charge < -0.3 is 10.6 Å². The molecule has 1 aromatic heterocycles. The number of carbonyl (C=O) groups is 1. The van der Waals surface area contributed by atoms with Crippen molar-refractivity contribution in [2.24, 2.45) is 5.92 Å². The van der Waals surface area contributed by atoms with Crippen molar-refractivity contribution in [3.05, 3.63) is 44.7 Å². The molecule has 6 heteroatoms. The monoisotopic (exact) mass is 403 g/mol. The average molecular weight is 404 g/mol. The Morgan fingerprint density at radius 3 is 2.88 bits per heavy atom. The van der Waals surface area contributed by atoms with Gasteiger partial charge in [0.1, 0.15) is 11.1 Å². The predicted molar refractivity (Wildman–Crippen MR) is 101 cm³/mol. The first-order chi connectivity index (χ1) is 11.6. The van der Waals surface area contributed by atoms with Gasteiger partial charge in [-0.3, -0.25) is 4.79 Å². The van der Waals surface area contributed by atoms with Gasteiger partial charge in [0.15, 0.2) is 0 Å². The molecule has 1 aromatic carbocycles. The zero-order valence-electron chi connectivity index (χ0n) is 13.4. The molecule has 0 radical (unpaired) electrons. The van der Waals surface area contributed by atoms with E-state index in [4.69, 9.17) is 0 Å². The number of nitrogens with one attached hydrogen (secondary N) is 2. The van der Waals surface area contributed by atoms with Crippen LogP contribution in [0.25, 0.3) is 0 Å². The SMILES string of the molecule is C[C@H]1CCc2c(sc(NC(=O)CNc3ccc(Br)cc3)c2C#N)C1. The molecule has 0 aliphatic heterocycles. The third-order valence-electron chi connectivity index (χ3n) is 4.17. The van der Waals surface area contributed by atoms with Crippen molar-refractivity contribution in [3.8, 4) is 6.07 Å². The molecule has 1 aliphatic carbocycles. The maximum atomic E-state index is 12.2. The fourth-order valence-electron chi connectivity index (χ4n) is 2.88. The van der Waals surface area contributed by atoms with Gasteiger partial charge in [-0.25, -0.2) is 0 Å². The molecule has 3 rings (SSSR count). The van der Waals surface area contributed by atoms with E-state index in [-0.39, 0.29) is 12.5 Å². The summed E-state index contributed by atoms with van der Waals surface area (Å²) in [4.78, 5) is 13.5. The maximum Gasteiger partial charge on any atom is 0.244 e. The molecule has 1 heterocycles. The van der Waals surface area contributed by atoms with E-state index in [2.05, 4.69) is 39.6 Å². The van der Waals surface area contributed by atoms with Crippen LogP contribution in [-0.2, 0) is 17.6 Å². The second kappa shape index (κ2) is 7.37. The summed E-state index contributed by atoms with van der Waals surface area (Å²) >= 11 is 4.94. The van der Waals surface area contributed by atoms with Gasteiger partial charge in [-0.1, -0.05) is 22.9 Å². The van der Waals surface area contributed by atoms with Gasteiger partial charge in [0.2, 0.25) is 5.91 Å². The third kappa shape index (κ3) is 3.80. The van der Waals surface area contributed by atoms with Crippen LogP contribution in [0.4, 0.5) is 10.7 Å². The van der Waals surface area contributed by atoms with Crippen molar-refractivity contribution in [2.75, 3.05) is 17.2 Å². The Kier molecular flexibility index (Phi) is 5.22. The fraction of sp³-hybridized carbons (Fsp3) is 0.333. The summed E-state index contributed by atoms with van der Waals surface area (Å²) in [6.45, 7) is 2.40. The maximum absolute atomic E-state index is 12.2. The van der Waals surface area contributed by atoms with E-state index in [0.717, 1.165) is 35.0 Å². The smallest absolute Gasteiger partial charge is 0.244 e. The summed E-state index contributed by atoms with van der Waals surface area (Å²) in [5, 5.41) is 16.1. The Morgan fingerprint density at radius 2 is 2.17 bits per heavy atom.